The summed E-state index contributed by atoms with van der Waals surface area (Å²) in [6, 6.07) is 26.6. The van der Waals surface area contributed by atoms with Gasteiger partial charge in [-0.3, -0.25) is 39.7 Å². The topological polar surface area (TPSA) is 223 Å². The Balaban J connectivity index is 0.000000501. The number of pyridine rings is 6. The lowest BCUT2D eigenvalue weighted by molar-refractivity contribution is -0.137. The van der Waals surface area contributed by atoms with Gasteiger partial charge in [0.1, 0.15) is 23.7 Å². The highest BCUT2D eigenvalue weighted by atomic mass is 19.4. The zero-order valence-corrected chi connectivity index (χ0v) is 85.5. The van der Waals surface area contributed by atoms with E-state index in [1.165, 1.54) is 86.4 Å². The van der Waals surface area contributed by atoms with Gasteiger partial charge in [0.05, 0.1) is 82.7 Å². The fraction of sp³-hybridized carbons (Fsp3) is 0.619. The summed E-state index contributed by atoms with van der Waals surface area (Å²) in [4.78, 5) is 92.4. The van der Waals surface area contributed by atoms with E-state index in [9.17, 15) is 18.0 Å². The molecule has 0 fully saturated rings. The monoisotopic (exact) mass is 1800 g/mol. The minimum atomic E-state index is -4.33. The molecule has 8 aromatic heterocycles. The smallest absolute Gasteiger partial charge is 0.416 e. The standard InChI is InChI=1S/C18H31N3.C13H23N3.C12H18F3N3.C12H21N3O.C12H21N3.C11H19N3O.C10H18N4.C9H17N5/c1-20-13-8-6-4-3-5-7-9-14-21(2)16-18-12-10-11-17(15-20)19-18;1-15(2)10-8-12-6-5-7-13(14-12)9-11-16(3)4;1-17(2)7-10-5-9(12(13,14)15)6-11(16-10)8-18(3)4;1-14(2)8-10-6-12(16-5)7-11(13-10)9-15(3)4;1-10-6-11(8-14(2)3)13-12(7-10)9-15(4)5;1-13(2)7-9-5-11(15)6-10(12-9)8-14(3)4;1-13(2)7-9-5-11-6-10(12-9)8-14(3)4;1-13(2)5-8-10-7-11-9(12-8)6-14(3)4/h10-12H,3-9,13-16H2,1-2H3;5-7H,8-11H2,1-4H3;5-6H,7-8H2,1-4H3;6-7H,8-9H2,1-5H3;6-7H,8-9H2,1-5H3;5-6H,7-8H2,1-4H3,(H,12,15);5-6H,7-8H2,1-4H3;7H,5-6H2,1-4H3. The Morgan fingerprint density at radius 2 is 0.659 bits per heavy atom. The molecule has 1 aliphatic heterocycles. The molecule has 0 amide bonds. The first-order valence-corrected chi connectivity index (χ1v) is 44.7. The number of methoxy groups -OCH3 is 1. The van der Waals surface area contributed by atoms with Crippen molar-refractivity contribution in [3.05, 3.63) is 216 Å². The zero-order chi connectivity index (χ0) is 96.9. The lowest BCUT2D eigenvalue weighted by Gasteiger charge is -2.19. The van der Waals surface area contributed by atoms with Crippen LogP contribution in [-0.2, 0) is 111 Å². The maximum atomic E-state index is 12.8. The number of halogens is 3. The molecule has 2 bridgehead atoms. The van der Waals surface area contributed by atoms with E-state index < -0.39 is 11.7 Å². The number of aromatic nitrogens is 11. The van der Waals surface area contributed by atoms with E-state index in [2.05, 4.69) is 225 Å². The van der Waals surface area contributed by atoms with Crippen molar-refractivity contribution in [2.24, 2.45) is 0 Å². The predicted octanol–water partition coefficient (Wildman–Crippen LogP) is 11.0. The van der Waals surface area contributed by atoms with Crippen molar-refractivity contribution < 1.29 is 17.9 Å². The number of H-pyrrole nitrogens is 1. The number of alkyl halides is 3. The third-order valence-electron chi connectivity index (χ3n) is 18.4. The molecule has 29 nitrogen and oxygen atoms in total. The molecule has 129 heavy (non-hydrogen) atoms. The number of hydrogen-bond acceptors (Lipinski definition) is 28. The number of aromatic amines is 1. The second-order valence-corrected chi connectivity index (χ2v) is 37.3. The molecule has 0 saturated heterocycles. The van der Waals surface area contributed by atoms with Crippen LogP contribution in [0.2, 0.25) is 0 Å². The highest BCUT2D eigenvalue weighted by Crippen LogP contribution is 2.30. The number of ether oxygens (including phenoxy) is 1. The summed E-state index contributed by atoms with van der Waals surface area (Å²) in [5, 5.41) is 0. The first-order chi connectivity index (χ1) is 60.6. The Bertz CT molecular complexity index is 4060. The van der Waals surface area contributed by atoms with Crippen molar-refractivity contribution in [2.75, 3.05) is 245 Å². The summed E-state index contributed by atoms with van der Waals surface area (Å²) in [5.41, 5.74) is 14.8. The van der Waals surface area contributed by atoms with Crippen LogP contribution in [0.4, 0.5) is 13.2 Å². The Morgan fingerprint density at radius 1 is 0.357 bits per heavy atom. The Hall–Kier alpha value is -8.26. The maximum Gasteiger partial charge on any atom is 0.416 e. The van der Waals surface area contributed by atoms with Crippen LogP contribution in [0.1, 0.15) is 147 Å². The lowest BCUT2D eigenvalue weighted by Crippen LogP contribution is -2.22. The number of nitrogens with zero attached hydrogens (tertiary/aromatic N) is 26. The number of nitrogens with one attached hydrogen (secondary N) is 1. The van der Waals surface area contributed by atoms with Crippen LogP contribution in [0.15, 0.2) is 108 Å². The van der Waals surface area contributed by atoms with Crippen LogP contribution in [0, 0.1) is 6.92 Å². The minimum absolute atomic E-state index is 0.0717. The van der Waals surface area contributed by atoms with Gasteiger partial charge in [0, 0.05) is 164 Å². The normalized spacial score (nSPS) is 13.1. The predicted molar refractivity (Wildman–Crippen MR) is 525 cm³/mol. The lowest BCUT2D eigenvalue weighted by atomic mass is 10.1. The van der Waals surface area contributed by atoms with Gasteiger partial charge >= 0.3 is 6.18 Å². The van der Waals surface area contributed by atoms with Gasteiger partial charge in [-0.05, 0) is 298 Å². The first-order valence-electron chi connectivity index (χ1n) is 44.7. The van der Waals surface area contributed by atoms with Crippen molar-refractivity contribution in [3.63, 3.8) is 0 Å². The van der Waals surface area contributed by atoms with Crippen molar-refractivity contribution in [2.45, 2.75) is 163 Å². The number of likely N-dealkylation sites (N-methyl/N-ethyl adjacent to an activating group) is 2. The summed E-state index contributed by atoms with van der Waals surface area (Å²) < 4.78 is 43.6. The van der Waals surface area contributed by atoms with E-state index in [4.69, 9.17) is 9.72 Å². The molecule has 0 radical (unpaired) electrons. The minimum Gasteiger partial charge on any atom is -0.497 e. The molecular formula is C97H168F3N27O2. The average molecular weight is 1800 g/mol. The van der Waals surface area contributed by atoms with E-state index >= 15 is 0 Å². The fourth-order valence-corrected chi connectivity index (χ4v) is 13.2. The van der Waals surface area contributed by atoms with Gasteiger partial charge in [-0.2, -0.15) is 13.2 Å². The highest BCUT2D eigenvalue weighted by Gasteiger charge is 2.32. The number of aryl methyl sites for hydroxylation is 1. The Labute approximate surface area is 776 Å². The van der Waals surface area contributed by atoms with Gasteiger partial charge in [-0.25, -0.2) is 15.0 Å². The second kappa shape index (κ2) is 64.5. The van der Waals surface area contributed by atoms with Gasteiger partial charge in [0.2, 0.25) is 0 Å². The summed E-state index contributed by atoms with van der Waals surface area (Å²) in [6.45, 7) is 17.5. The highest BCUT2D eigenvalue weighted by molar-refractivity contribution is 5.28. The molecule has 724 valence electrons. The SMILES string of the molecule is CN(C)CCc1cccc(CCN(C)C)n1.CN(C)Cc1cc(=O)cc(CN(C)C)[nH]1.CN(C)Cc1cc(C(F)(F)F)cc(CN(C)C)n1.CN(C)Cc1cncc(CN(C)C)n1.CN(C)Cc1ncnc(CN(C)C)n1.CN1CCCCCCCCCN(C)Cc2cccc(n2)C1.COc1cc(CN(C)C)nc(CN(C)C)c1.Cc1cc(CN(C)C)nc(CN(C)C)c1. The molecule has 0 aromatic carbocycles. The van der Waals surface area contributed by atoms with Gasteiger partial charge in [0.15, 0.2) is 5.43 Å². The van der Waals surface area contributed by atoms with E-state index in [1.807, 2.05) is 157 Å². The van der Waals surface area contributed by atoms with Crippen LogP contribution in [0.5, 0.6) is 5.75 Å². The summed E-state index contributed by atoms with van der Waals surface area (Å²) in [6.07, 6.45) is 12.5. The molecule has 0 atom stereocenters. The van der Waals surface area contributed by atoms with Gasteiger partial charge in [-0.1, -0.05) is 44.2 Å². The third-order valence-corrected chi connectivity index (χ3v) is 18.4. The molecule has 1 aliphatic rings. The van der Waals surface area contributed by atoms with Crippen molar-refractivity contribution in [1.82, 2.24) is 133 Å². The third kappa shape index (κ3) is 60.4. The molecule has 9 rings (SSSR count). The number of fused-ring (bicyclic) bond motifs is 2. The molecule has 0 unspecified atom stereocenters. The van der Waals surface area contributed by atoms with Crippen molar-refractivity contribution >= 4 is 0 Å². The van der Waals surface area contributed by atoms with E-state index in [0.29, 0.717) is 24.5 Å². The van der Waals surface area contributed by atoms with Crippen LogP contribution < -0.4 is 10.2 Å². The van der Waals surface area contributed by atoms with E-state index in [1.54, 1.807) is 63.6 Å². The van der Waals surface area contributed by atoms with E-state index in [0.717, 1.165) is 180 Å². The molecule has 0 aliphatic carbocycles. The molecule has 0 spiro atoms. The van der Waals surface area contributed by atoms with Crippen LogP contribution >= 0.6 is 0 Å². The second-order valence-electron chi connectivity index (χ2n) is 37.3. The first kappa shape index (κ1) is 117. The molecule has 32 heteroatoms. The molecule has 8 aromatic rings. The Kier molecular flexibility index (Phi) is 58.4. The Morgan fingerprint density at radius 3 is 0.984 bits per heavy atom. The van der Waals surface area contributed by atoms with E-state index in [-0.39, 0.29) is 5.43 Å². The quantitative estimate of drug-likeness (QED) is 0.0426. The summed E-state index contributed by atoms with van der Waals surface area (Å²) in [5.74, 6) is 2.52. The summed E-state index contributed by atoms with van der Waals surface area (Å²) >= 11 is 0. The molecule has 9 heterocycles. The molecule has 0 saturated carbocycles. The van der Waals surface area contributed by atoms with Gasteiger partial charge in [0.25, 0.3) is 0 Å². The molecule has 1 N–H and O–H groups in total. The van der Waals surface area contributed by atoms with Crippen LogP contribution in [-0.4, -0.2) is 378 Å². The van der Waals surface area contributed by atoms with Gasteiger partial charge in [-0.15, -0.1) is 0 Å². The van der Waals surface area contributed by atoms with Crippen molar-refractivity contribution in [3.8, 4) is 5.75 Å². The zero-order valence-electron chi connectivity index (χ0n) is 85.5. The summed E-state index contributed by atoms with van der Waals surface area (Å²) in [7, 11) is 62.1. The number of hydrogen-bond donors (Lipinski definition) is 1. The fourth-order valence-electron chi connectivity index (χ4n) is 13.2. The molecular weight excluding hydrogens is 1630 g/mol. The van der Waals surface area contributed by atoms with Crippen LogP contribution in [0.3, 0.4) is 0 Å². The maximum absolute atomic E-state index is 12.8. The van der Waals surface area contributed by atoms with Crippen molar-refractivity contribution in [1.29, 1.82) is 0 Å². The van der Waals surface area contributed by atoms with Crippen LogP contribution in [0.25, 0.3) is 0 Å². The average Bonchev–Trinajstić information content (AvgIpc) is 0.821. The van der Waals surface area contributed by atoms with Gasteiger partial charge < -0.3 is 88.1 Å². The number of rotatable bonds is 31. The largest absolute Gasteiger partial charge is 0.497 e.